The van der Waals surface area contributed by atoms with Crippen molar-refractivity contribution >= 4 is 11.9 Å². The zero-order valence-corrected chi connectivity index (χ0v) is 13.3. The first-order valence-corrected chi connectivity index (χ1v) is 8.28. The van der Waals surface area contributed by atoms with Crippen LogP contribution in [-0.2, 0) is 4.79 Å². The molecule has 2 aromatic heterocycles. The molecule has 2 atom stereocenters. The number of aromatic amines is 1. The van der Waals surface area contributed by atoms with E-state index in [1.165, 1.54) is 0 Å². The van der Waals surface area contributed by atoms with E-state index in [0.717, 1.165) is 25.7 Å². The third-order valence-corrected chi connectivity index (χ3v) is 4.50. The van der Waals surface area contributed by atoms with Crippen molar-refractivity contribution in [1.29, 1.82) is 0 Å². The quantitative estimate of drug-likeness (QED) is 0.798. The summed E-state index contributed by atoms with van der Waals surface area (Å²) < 4.78 is 5.26. The molecule has 0 saturated heterocycles. The lowest BCUT2D eigenvalue weighted by molar-refractivity contribution is -0.143. The summed E-state index contributed by atoms with van der Waals surface area (Å²) in [4.78, 5) is 24.0. The maximum absolute atomic E-state index is 12.4. The summed E-state index contributed by atoms with van der Waals surface area (Å²) in [5, 5.41) is 19.1. The van der Waals surface area contributed by atoms with Crippen molar-refractivity contribution in [3.8, 4) is 11.5 Å². The number of amides is 1. The zero-order chi connectivity index (χ0) is 16.9. The van der Waals surface area contributed by atoms with E-state index in [1.54, 1.807) is 24.5 Å². The highest BCUT2D eigenvalue weighted by atomic mass is 16.4. The van der Waals surface area contributed by atoms with Crippen LogP contribution in [-0.4, -0.2) is 33.2 Å². The normalized spacial score (nSPS) is 21.7. The standard InChI is InChI=1S/C17H21N3O4/c21-16(14-10-13(19-20-14)15-8-5-9-24-15)18-12-7-4-2-1-3-6-11(12)17(22)23/h5,8-12H,1-4,6-7H2,(H,18,21)(H,19,20)(H,22,23). The number of furan rings is 1. The molecule has 3 N–H and O–H groups in total. The molecule has 0 spiro atoms. The lowest BCUT2D eigenvalue weighted by Crippen LogP contribution is -2.44. The summed E-state index contributed by atoms with van der Waals surface area (Å²) in [7, 11) is 0. The van der Waals surface area contributed by atoms with Crippen molar-refractivity contribution in [3.63, 3.8) is 0 Å². The number of aromatic nitrogens is 2. The number of rotatable bonds is 4. The van der Waals surface area contributed by atoms with Crippen LogP contribution in [0.25, 0.3) is 11.5 Å². The summed E-state index contributed by atoms with van der Waals surface area (Å²) in [6, 6.07) is 4.76. The second-order valence-electron chi connectivity index (χ2n) is 6.16. The number of carbonyl (C=O) groups is 2. The first kappa shape index (κ1) is 16.3. The van der Waals surface area contributed by atoms with E-state index in [4.69, 9.17) is 4.42 Å². The molecule has 0 aliphatic heterocycles. The maximum Gasteiger partial charge on any atom is 0.308 e. The molecule has 0 bridgehead atoms. The van der Waals surface area contributed by atoms with E-state index < -0.39 is 11.9 Å². The minimum absolute atomic E-state index is 0.229. The largest absolute Gasteiger partial charge is 0.481 e. The molecule has 2 heterocycles. The van der Waals surface area contributed by atoms with E-state index in [0.29, 0.717) is 24.3 Å². The predicted molar refractivity (Wildman–Crippen MR) is 86.4 cm³/mol. The number of carboxylic acid groups (broad SMARTS) is 1. The van der Waals surface area contributed by atoms with Crippen LogP contribution in [0, 0.1) is 5.92 Å². The van der Waals surface area contributed by atoms with Crippen molar-refractivity contribution in [1.82, 2.24) is 15.5 Å². The first-order valence-electron chi connectivity index (χ1n) is 8.28. The summed E-state index contributed by atoms with van der Waals surface area (Å²) in [6.45, 7) is 0. The van der Waals surface area contributed by atoms with Gasteiger partial charge in [-0.15, -0.1) is 0 Å². The van der Waals surface area contributed by atoms with Gasteiger partial charge in [0, 0.05) is 12.1 Å². The molecule has 1 amide bonds. The molecule has 24 heavy (non-hydrogen) atoms. The molecule has 3 rings (SSSR count). The molecular weight excluding hydrogens is 310 g/mol. The van der Waals surface area contributed by atoms with Gasteiger partial charge in [0.25, 0.3) is 5.91 Å². The highest BCUT2D eigenvalue weighted by molar-refractivity contribution is 5.93. The fourth-order valence-electron chi connectivity index (χ4n) is 3.19. The topological polar surface area (TPSA) is 108 Å². The molecule has 2 aromatic rings. The fraction of sp³-hybridized carbons (Fsp3) is 0.471. The van der Waals surface area contributed by atoms with Crippen LogP contribution in [0.2, 0.25) is 0 Å². The number of hydrogen-bond acceptors (Lipinski definition) is 4. The fourth-order valence-corrected chi connectivity index (χ4v) is 3.19. The van der Waals surface area contributed by atoms with Gasteiger partial charge in [-0.3, -0.25) is 14.7 Å². The second-order valence-corrected chi connectivity index (χ2v) is 6.16. The third kappa shape index (κ3) is 3.67. The Kier molecular flexibility index (Phi) is 4.98. The lowest BCUT2D eigenvalue weighted by atomic mass is 9.86. The van der Waals surface area contributed by atoms with Gasteiger partial charge in [-0.1, -0.05) is 25.7 Å². The molecule has 1 saturated carbocycles. The Labute approximate surface area is 139 Å². The second kappa shape index (κ2) is 7.33. The number of aliphatic carboxylic acids is 1. The molecule has 0 radical (unpaired) electrons. The smallest absolute Gasteiger partial charge is 0.308 e. The average molecular weight is 331 g/mol. The van der Waals surface area contributed by atoms with Crippen molar-refractivity contribution in [2.45, 2.75) is 44.6 Å². The molecule has 1 aliphatic carbocycles. The number of carbonyl (C=O) groups excluding carboxylic acids is 1. The predicted octanol–water partition coefficient (Wildman–Crippen LogP) is 2.82. The Morgan fingerprint density at radius 3 is 2.75 bits per heavy atom. The highest BCUT2D eigenvalue weighted by Gasteiger charge is 2.30. The summed E-state index contributed by atoms with van der Waals surface area (Å²) in [5.74, 6) is -1.16. The van der Waals surface area contributed by atoms with Gasteiger partial charge in [-0.2, -0.15) is 5.10 Å². The monoisotopic (exact) mass is 331 g/mol. The molecule has 1 fully saturated rings. The van der Waals surface area contributed by atoms with Crippen LogP contribution in [0.5, 0.6) is 0 Å². The van der Waals surface area contributed by atoms with Crippen molar-refractivity contribution < 1.29 is 19.1 Å². The maximum atomic E-state index is 12.4. The van der Waals surface area contributed by atoms with E-state index in [2.05, 4.69) is 15.5 Å². The summed E-state index contributed by atoms with van der Waals surface area (Å²) >= 11 is 0. The van der Waals surface area contributed by atoms with Crippen molar-refractivity contribution in [2.75, 3.05) is 0 Å². The Balaban J connectivity index is 1.71. The van der Waals surface area contributed by atoms with Gasteiger partial charge < -0.3 is 14.8 Å². The van der Waals surface area contributed by atoms with Crippen LogP contribution in [0.1, 0.15) is 49.0 Å². The Morgan fingerprint density at radius 2 is 2.04 bits per heavy atom. The minimum atomic E-state index is -0.847. The molecule has 0 aromatic carbocycles. The summed E-state index contributed by atoms with van der Waals surface area (Å²) in [5.41, 5.74) is 0.838. The van der Waals surface area contributed by atoms with Crippen LogP contribution in [0.15, 0.2) is 28.9 Å². The number of carboxylic acids is 1. The van der Waals surface area contributed by atoms with Gasteiger partial charge in [-0.25, -0.2) is 0 Å². The third-order valence-electron chi connectivity index (χ3n) is 4.50. The molecule has 7 nitrogen and oxygen atoms in total. The number of H-pyrrole nitrogens is 1. The van der Waals surface area contributed by atoms with E-state index in [-0.39, 0.29) is 17.6 Å². The van der Waals surface area contributed by atoms with Crippen LogP contribution in [0.3, 0.4) is 0 Å². The van der Waals surface area contributed by atoms with E-state index >= 15 is 0 Å². The molecule has 7 heteroatoms. The van der Waals surface area contributed by atoms with E-state index in [9.17, 15) is 14.7 Å². The molecular formula is C17H21N3O4. The Hall–Kier alpha value is -2.57. The lowest BCUT2D eigenvalue weighted by Gasteiger charge is -2.26. The van der Waals surface area contributed by atoms with Crippen LogP contribution >= 0.6 is 0 Å². The van der Waals surface area contributed by atoms with Gasteiger partial charge >= 0.3 is 5.97 Å². The number of nitrogens with one attached hydrogen (secondary N) is 2. The molecule has 2 unspecified atom stereocenters. The van der Waals surface area contributed by atoms with Gasteiger partial charge in [0.1, 0.15) is 5.69 Å². The Morgan fingerprint density at radius 1 is 1.25 bits per heavy atom. The van der Waals surface area contributed by atoms with Gasteiger partial charge in [0.15, 0.2) is 11.5 Å². The van der Waals surface area contributed by atoms with Crippen molar-refractivity contribution in [3.05, 3.63) is 30.2 Å². The first-order chi connectivity index (χ1) is 11.6. The Bertz CT molecular complexity index is 693. The van der Waals surface area contributed by atoms with Gasteiger partial charge in [0.05, 0.1) is 12.2 Å². The van der Waals surface area contributed by atoms with Crippen LogP contribution in [0.4, 0.5) is 0 Å². The zero-order valence-electron chi connectivity index (χ0n) is 13.3. The molecule has 128 valence electrons. The molecule has 1 aliphatic rings. The van der Waals surface area contributed by atoms with Gasteiger partial charge in [0.2, 0.25) is 0 Å². The minimum Gasteiger partial charge on any atom is -0.481 e. The van der Waals surface area contributed by atoms with E-state index in [1.807, 2.05) is 0 Å². The van der Waals surface area contributed by atoms with Crippen LogP contribution < -0.4 is 5.32 Å². The SMILES string of the molecule is O=C(NC1CCCCCCC1C(=O)O)c1cc(-c2ccco2)[nH]n1. The summed E-state index contributed by atoms with van der Waals surface area (Å²) in [6.07, 6.45) is 6.75. The number of hydrogen-bond donors (Lipinski definition) is 3. The van der Waals surface area contributed by atoms with Gasteiger partial charge in [-0.05, 0) is 25.0 Å². The number of nitrogens with zero attached hydrogens (tertiary/aromatic N) is 1. The van der Waals surface area contributed by atoms with Crippen molar-refractivity contribution in [2.24, 2.45) is 5.92 Å². The average Bonchev–Trinajstić information content (AvgIpc) is 3.19. The highest BCUT2D eigenvalue weighted by Crippen LogP contribution is 2.24.